The molecule has 1 atom stereocenters. The molecular weight excluding hydrogens is 400 g/mol. The normalized spacial score (nSPS) is 15.5. The summed E-state index contributed by atoms with van der Waals surface area (Å²) in [6.45, 7) is 6.45. The molecule has 4 aromatic rings. The van der Waals surface area contributed by atoms with Gasteiger partial charge in [0.15, 0.2) is 0 Å². The van der Waals surface area contributed by atoms with E-state index >= 15 is 0 Å². The second-order valence-corrected chi connectivity index (χ2v) is 8.33. The molecule has 4 N–H and O–H groups in total. The minimum Gasteiger partial charge on any atom is -0.366 e. The molecule has 1 amide bonds. The van der Waals surface area contributed by atoms with E-state index in [9.17, 15) is 4.79 Å². The van der Waals surface area contributed by atoms with Gasteiger partial charge in [-0.3, -0.25) is 9.36 Å². The third-order valence-corrected chi connectivity index (χ3v) is 6.04. The van der Waals surface area contributed by atoms with Crippen LogP contribution in [0, 0.1) is 6.92 Å². The van der Waals surface area contributed by atoms with Gasteiger partial charge in [0.2, 0.25) is 11.9 Å². The number of hydrogen-bond donors (Lipinski definition) is 3. The van der Waals surface area contributed by atoms with Crippen molar-refractivity contribution in [3.63, 3.8) is 0 Å². The molecule has 0 fully saturated rings. The van der Waals surface area contributed by atoms with Crippen molar-refractivity contribution in [1.82, 2.24) is 19.9 Å². The zero-order chi connectivity index (χ0) is 22.2. The molecule has 1 unspecified atom stereocenters. The van der Waals surface area contributed by atoms with E-state index in [0.29, 0.717) is 18.1 Å². The Morgan fingerprint density at radius 2 is 2.00 bits per heavy atom. The van der Waals surface area contributed by atoms with Crippen LogP contribution in [0.5, 0.6) is 0 Å². The molecule has 32 heavy (non-hydrogen) atoms. The first kappa shape index (κ1) is 20.2. The third kappa shape index (κ3) is 3.50. The lowest BCUT2D eigenvalue weighted by molar-refractivity contribution is 0.100. The highest BCUT2D eigenvalue weighted by molar-refractivity contribution is 6.06. The Morgan fingerprint density at radius 1 is 1.19 bits per heavy atom. The number of rotatable bonds is 5. The first-order chi connectivity index (χ1) is 15.5. The van der Waals surface area contributed by atoms with Crippen LogP contribution in [0.4, 0.5) is 5.82 Å². The molecule has 5 rings (SSSR count). The Morgan fingerprint density at radius 3 is 2.78 bits per heavy atom. The van der Waals surface area contributed by atoms with Gasteiger partial charge in [0, 0.05) is 47.8 Å². The molecule has 162 valence electrons. The number of nitrogens with two attached hydrogens (primary N) is 1. The minimum atomic E-state index is -0.441. The van der Waals surface area contributed by atoms with Crippen molar-refractivity contribution < 1.29 is 4.79 Å². The summed E-state index contributed by atoms with van der Waals surface area (Å²) in [5, 5.41) is 7.81. The van der Waals surface area contributed by atoms with Gasteiger partial charge < -0.3 is 16.4 Å². The molecule has 2 aromatic carbocycles. The van der Waals surface area contributed by atoms with Gasteiger partial charge in [-0.05, 0) is 30.7 Å². The average Bonchev–Trinajstić information content (AvgIpc) is 3.14. The maximum Gasteiger partial charge on any atom is 0.249 e. The maximum atomic E-state index is 11.9. The topological polar surface area (TPSA) is 97.9 Å². The number of aromatic nitrogens is 3. The van der Waals surface area contributed by atoms with E-state index in [1.807, 2.05) is 47.9 Å². The van der Waals surface area contributed by atoms with Crippen LogP contribution in [0.15, 0.2) is 54.6 Å². The molecule has 0 radical (unpaired) electrons. The summed E-state index contributed by atoms with van der Waals surface area (Å²) in [5.74, 6) is 1.26. The zero-order valence-electron chi connectivity index (χ0n) is 18.2. The fourth-order valence-corrected chi connectivity index (χ4v) is 4.45. The van der Waals surface area contributed by atoms with Crippen LogP contribution in [0.25, 0.3) is 16.9 Å². The number of anilines is 1. The van der Waals surface area contributed by atoms with Crippen LogP contribution < -0.4 is 16.4 Å². The first-order valence-corrected chi connectivity index (χ1v) is 10.8. The van der Waals surface area contributed by atoms with E-state index in [1.54, 1.807) is 6.07 Å². The van der Waals surface area contributed by atoms with Crippen molar-refractivity contribution in [2.24, 2.45) is 5.73 Å². The molecule has 1 aliphatic rings. The van der Waals surface area contributed by atoms with E-state index in [0.717, 1.165) is 46.8 Å². The lowest BCUT2D eigenvalue weighted by Gasteiger charge is -2.25. The lowest BCUT2D eigenvalue weighted by atomic mass is 9.98. The van der Waals surface area contributed by atoms with Crippen molar-refractivity contribution >= 4 is 22.6 Å². The maximum absolute atomic E-state index is 11.9. The van der Waals surface area contributed by atoms with E-state index in [-0.39, 0.29) is 5.92 Å². The molecule has 3 heterocycles. The monoisotopic (exact) mass is 426 g/mol. The van der Waals surface area contributed by atoms with Crippen LogP contribution in [0.3, 0.4) is 0 Å². The SMILES string of the molecule is Cc1cc2c(C(N)=O)cccc2n1-c1nc(NCc2ccccc2)c2c(n1)C(C)CNC2. The molecule has 0 spiro atoms. The van der Waals surface area contributed by atoms with Crippen molar-refractivity contribution in [2.75, 3.05) is 11.9 Å². The van der Waals surface area contributed by atoms with Crippen LogP contribution in [-0.4, -0.2) is 27.0 Å². The summed E-state index contributed by atoms with van der Waals surface area (Å²) >= 11 is 0. The Hall–Kier alpha value is -3.71. The van der Waals surface area contributed by atoms with Crippen LogP contribution in [-0.2, 0) is 13.1 Å². The number of nitrogens with one attached hydrogen (secondary N) is 2. The van der Waals surface area contributed by atoms with Gasteiger partial charge in [-0.1, -0.05) is 43.3 Å². The zero-order valence-corrected chi connectivity index (χ0v) is 18.2. The van der Waals surface area contributed by atoms with Crippen LogP contribution >= 0.6 is 0 Å². The van der Waals surface area contributed by atoms with Gasteiger partial charge in [0.1, 0.15) is 5.82 Å². The largest absolute Gasteiger partial charge is 0.366 e. The van der Waals surface area contributed by atoms with Crippen LogP contribution in [0.2, 0.25) is 0 Å². The van der Waals surface area contributed by atoms with E-state index in [2.05, 4.69) is 29.7 Å². The second-order valence-electron chi connectivity index (χ2n) is 8.33. The van der Waals surface area contributed by atoms with E-state index < -0.39 is 5.91 Å². The summed E-state index contributed by atoms with van der Waals surface area (Å²) in [6.07, 6.45) is 0. The second kappa shape index (κ2) is 8.09. The smallest absolute Gasteiger partial charge is 0.249 e. The number of carbonyl (C=O) groups is 1. The number of hydrogen-bond acceptors (Lipinski definition) is 5. The quantitative estimate of drug-likeness (QED) is 0.453. The predicted octanol–water partition coefficient (Wildman–Crippen LogP) is 3.65. The van der Waals surface area contributed by atoms with E-state index in [4.69, 9.17) is 15.7 Å². The number of aryl methyl sites for hydroxylation is 1. The molecule has 0 saturated carbocycles. The minimum absolute atomic E-state index is 0.265. The molecule has 0 bridgehead atoms. The Kier molecular flexibility index (Phi) is 5.11. The van der Waals surface area contributed by atoms with Crippen LogP contribution in [0.1, 0.15) is 45.7 Å². The molecule has 7 heteroatoms. The molecule has 2 aromatic heterocycles. The fourth-order valence-electron chi connectivity index (χ4n) is 4.45. The Bertz CT molecular complexity index is 1310. The summed E-state index contributed by atoms with van der Waals surface area (Å²) < 4.78 is 2.00. The van der Waals surface area contributed by atoms with Gasteiger partial charge in [0.25, 0.3) is 0 Å². The van der Waals surface area contributed by atoms with E-state index in [1.165, 1.54) is 5.56 Å². The molecular formula is C25H26N6O. The summed E-state index contributed by atoms with van der Waals surface area (Å²) in [4.78, 5) is 21.9. The lowest BCUT2D eigenvalue weighted by Crippen LogP contribution is -2.30. The number of carbonyl (C=O) groups excluding carboxylic acids is 1. The number of primary amides is 1. The van der Waals surface area contributed by atoms with Crippen molar-refractivity contribution in [3.8, 4) is 5.95 Å². The Balaban J connectivity index is 1.65. The highest BCUT2D eigenvalue weighted by atomic mass is 16.1. The number of nitrogens with zero attached hydrogens (tertiary/aromatic N) is 3. The predicted molar refractivity (Wildman–Crippen MR) is 126 cm³/mol. The van der Waals surface area contributed by atoms with Gasteiger partial charge in [-0.25, -0.2) is 4.98 Å². The third-order valence-electron chi connectivity index (χ3n) is 6.04. The molecule has 0 saturated heterocycles. The van der Waals surface area contributed by atoms with Crippen molar-refractivity contribution in [1.29, 1.82) is 0 Å². The first-order valence-electron chi connectivity index (χ1n) is 10.8. The Labute approximate surface area is 186 Å². The van der Waals surface area contributed by atoms with Gasteiger partial charge >= 0.3 is 0 Å². The summed E-state index contributed by atoms with van der Waals surface area (Å²) in [6, 6.07) is 17.8. The highest BCUT2D eigenvalue weighted by Crippen LogP contribution is 2.31. The molecule has 1 aliphatic heterocycles. The molecule has 0 aliphatic carbocycles. The fraction of sp³-hybridized carbons (Fsp3) is 0.240. The number of fused-ring (bicyclic) bond motifs is 2. The number of amides is 1. The standard InChI is InChI=1S/C25H26N6O/c1-15-12-27-14-20-22(15)29-25(30-24(20)28-13-17-7-4-3-5-8-17)31-16(2)11-19-18(23(26)32)9-6-10-21(19)31/h3-11,15,27H,12-14H2,1-2H3,(H2,26,32)(H,28,29,30). The van der Waals surface area contributed by atoms with Crippen molar-refractivity contribution in [3.05, 3.63) is 82.7 Å². The van der Waals surface area contributed by atoms with Crippen molar-refractivity contribution in [2.45, 2.75) is 32.9 Å². The summed E-state index contributed by atoms with van der Waals surface area (Å²) in [7, 11) is 0. The average molecular weight is 427 g/mol. The molecule has 7 nitrogen and oxygen atoms in total. The highest BCUT2D eigenvalue weighted by Gasteiger charge is 2.24. The van der Waals surface area contributed by atoms with Gasteiger partial charge in [0.05, 0.1) is 11.2 Å². The van der Waals surface area contributed by atoms with Gasteiger partial charge in [-0.2, -0.15) is 4.98 Å². The summed E-state index contributed by atoms with van der Waals surface area (Å²) in [5.41, 5.74) is 11.3. The van der Waals surface area contributed by atoms with Gasteiger partial charge in [-0.15, -0.1) is 0 Å². The number of benzene rings is 2.